The van der Waals surface area contributed by atoms with Crippen LogP contribution in [-0.2, 0) is 0 Å². The summed E-state index contributed by atoms with van der Waals surface area (Å²) in [4.78, 5) is 27.0. The van der Waals surface area contributed by atoms with Crippen molar-refractivity contribution in [3.8, 4) is 61.6 Å². The van der Waals surface area contributed by atoms with E-state index in [0.717, 1.165) is 72.3 Å². The first-order valence-corrected chi connectivity index (χ1v) is 17.4. The number of hydrogen-bond acceptors (Lipinski definition) is 4. The van der Waals surface area contributed by atoms with Crippen LogP contribution in [-0.4, -0.2) is 19.4 Å². The van der Waals surface area contributed by atoms with Crippen molar-refractivity contribution < 1.29 is 9.85 Å². The van der Waals surface area contributed by atoms with E-state index in [1.54, 1.807) is 24.3 Å². The molecule has 2 aromatic heterocycles. The second-order valence-electron chi connectivity index (χ2n) is 13.2. The topological polar surface area (TPSA) is 107 Å². The van der Waals surface area contributed by atoms with Crippen LogP contribution in [0.3, 0.4) is 0 Å². The van der Waals surface area contributed by atoms with Gasteiger partial charge in [-0.15, -0.1) is 0 Å². The first kappa shape index (κ1) is 32.3. The number of nitro groups is 2. The van der Waals surface area contributed by atoms with Gasteiger partial charge in [-0.05, 0) is 94.0 Å². The van der Waals surface area contributed by atoms with Gasteiger partial charge in [0.25, 0.3) is 11.4 Å². The Morgan fingerprint density at radius 2 is 1.04 bits per heavy atom. The van der Waals surface area contributed by atoms with Crippen molar-refractivity contribution in [2.24, 2.45) is 0 Å². The van der Waals surface area contributed by atoms with Crippen LogP contribution in [0.25, 0.3) is 83.4 Å². The van der Waals surface area contributed by atoms with Gasteiger partial charge in [0.2, 0.25) is 0 Å². The highest BCUT2D eigenvalue weighted by Crippen LogP contribution is 2.39. The first-order chi connectivity index (χ1) is 26.4. The van der Waals surface area contributed by atoms with Crippen molar-refractivity contribution in [1.82, 2.24) is 9.55 Å². The number of nitrogens with one attached hydrogen (secondary N) is 1. The van der Waals surface area contributed by atoms with E-state index in [1.807, 2.05) is 121 Å². The van der Waals surface area contributed by atoms with Gasteiger partial charge < -0.3 is 9.55 Å². The number of benzene rings is 7. The Bertz CT molecular complexity index is 2880. The smallest absolute Gasteiger partial charge is 0.277 e. The van der Waals surface area contributed by atoms with Gasteiger partial charge >= 0.3 is 0 Å². The summed E-state index contributed by atoms with van der Waals surface area (Å²) in [7, 11) is 0. The molecule has 0 saturated carbocycles. The molecule has 54 heavy (non-hydrogen) atoms. The Labute approximate surface area is 309 Å². The third kappa shape index (κ3) is 5.78. The zero-order valence-electron chi connectivity index (χ0n) is 28.7. The van der Waals surface area contributed by atoms with Crippen molar-refractivity contribution >= 4 is 33.2 Å². The summed E-state index contributed by atoms with van der Waals surface area (Å²) in [6.45, 7) is 0. The van der Waals surface area contributed by atoms with Crippen molar-refractivity contribution in [1.29, 1.82) is 0 Å². The predicted octanol–water partition coefficient (Wildman–Crippen LogP) is 12.3. The average molecular weight is 703 g/mol. The van der Waals surface area contributed by atoms with Crippen LogP contribution in [0.5, 0.6) is 0 Å². The van der Waals surface area contributed by atoms with E-state index < -0.39 is 0 Å². The minimum Gasteiger partial charge on any atom is -0.355 e. The standard InChI is InChI=1S/C46H30N4O4/c51-49(52)44-14-8-7-13-39(44)35-19-24-43-37(26-35)29-45(32-11-5-2-6-12-32)48(43)38-20-15-30(16-21-38)33-17-22-40(46(28-33)50(53)54)34-18-23-41-36(25-34)27-42(47-41)31-9-3-1-4-10-31/h1-29,47H. The summed E-state index contributed by atoms with van der Waals surface area (Å²) >= 11 is 0. The fraction of sp³-hybridized carbons (Fsp3) is 0. The third-order valence-electron chi connectivity index (χ3n) is 9.95. The van der Waals surface area contributed by atoms with Crippen molar-refractivity contribution in [2.45, 2.75) is 0 Å². The number of rotatable bonds is 8. The average Bonchev–Trinajstić information content (AvgIpc) is 3.83. The number of fused-ring (bicyclic) bond motifs is 2. The zero-order chi connectivity index (χ0) is 36.8. The molecule has 9 rings (SSSR count). The molecule has 0 fully saturated rings. The fourth-order valence-electron chi connectivity index (χ4n) is 7.34. The number of nitrogens with zero attached hydrogens (tertiary/aromatic N) is 3. The molecule has 0 saturated heterocycles. The Morgan fingerprint density at radius 1 is 0.444 bits per heavy atom. The second kappa shape index (κ2) is 13.2. The monoisotopic (exact) mass is 702 g/mol. The van der Waals surface area contributed by atoms with Crippen LogP contribution in [0.15, 0.2) is 176 Å². The molecule has 0 bridgehead atoms. The number of para-hydroxylation sites is 1. The molecule has 7 aromatic carbocycles. The van der Waals surface area contributed by atoms with Gasteiger partial charge in [-0.25, -0.2) is 0 Å². The van der Waals surface area contributed by atoms with Crippen molar-refractivity contribution in [3.05, 3.63) is 196 Å². The molecule has 0 radical (unpaired) electrons. The van der Waals surface area contributed by atoms with Gasteiger partial charge in [-0.3, -0.25) is 20.2 Å². The quantitative estimate of drug-likeness (QED) is 0.126. The molecule has 0 aliphatic carbocycles. The molecule has 0 atom stereocenters. The molecule has 1 N–H and O–H groups in total. The van der Waals surface area contributed by atoms with E-state index in [1.165, 1.54) is 6.07 Å². The fourth-order valence-corrected chi connectivity index (χ4v) is 7.34. The van der Waals surface area contributed by atoms with Crippen LogP contribution in [0.4, 0.5) is 11.4 Å². The van der Waals surface area contributed by atoms with E-state index >= 15 is 0 Å². The zero-order valence-corrected chi connectivity index (χ0v) is 28.7. The lowest BCUT2D eigenvalue weighted by atomic mass is 9.97. The van der Waals surface area contributed by atoms with Gasteiger partial charge in [-0.2, -0.15) is 0 Å². The summed E-state index contributed by atoms with van der Waals surface area (Å²) in [6.07, 6.45) is 0. The van der Waals surface area contributed by atoms with E-state index in [4.69, 9.17) is 0 Å². The number of hydrogen-bond donors (Lipinski definition) is 1. The summed E-state index contributed by atoms with van der Waals surface area (Å²) in [6, 6.07) is 56.2. The molecule has 8 nitrogen and oxygen atoms in total. The van der Waals surface area contributed by atoms with Crippen LogP contribution in [0, 0.1) is 20.2 Å². The minimum absolute atomic E-state index is 0.0342. The molecule has 0 unspecified atom stereocenters. The van der Waals surface area contributed by atoms with Crippen LogP contribution >= 0.6 is 0 Å². The molecule has 0 amide bonds. The highest BCUT2D eigenvalue weighted by Gasteiger charge is 2.20. The molecule has 0 aliphatic heterocycles. The van der Waals surface area contributed by atoms with E-state index in [9.17, 15) is 20.2 Å². The van der Waals surface area contributed by atoms with E-state index in [-0.39, 0.29) is 21.2 Å². The highest BCUT2D eigenvalue weighted by molar-refractivity contribution is 5.94. The van der Waals surface area contributed by atoms with Gasteiger partial charge in [0.05, 0.1) is 32.2 Å². The lowest BCUT2D eigenvalue weighted by Crippen LogP contribution is -1.97. The molecule has 8 heteroatoms. The largest absolute Gasteiger partial charge is 0.355 e. The highest BCUT2D eigenvalue weighted by atomic mass is 16.6. The van der Waals surface area contributed by atoms with E-state index in [2.05, 4.69) is 33.8 Å². The third-order valence-corrected chi connectivity index (χ3v) is 9.95. The summed E-state index contributed by atoms with van der Waals surface area (Å²) in [5, 5.41) is 26.2. The summed E-state index contributed by atoms with van der Waals surface area (Å²) in [5.74, 6) is 0. The second-order valence-corrected chi connectivity index (χ2v) is 13.2. The van der Waals surface area contributed by atoms with Crippen LogP contribution < -0.4 is 0 Å². The Hall–Kier alpha value is -7.58. The Balaban J connectivity index is 1.08. The molecular weight excluding hydrogens is 673 g/mol. The van der Waals surface area contributed by atoms with Crippen LogP contribution in [0.1, 0.15) is 0 Å². The van der Waals surface area contributed by atoms with Gasteiger partial charge in [0, 0.05) is 39.8 Å². The maximum Gasteiger partial charge on any atom is 0.277 e. The molecule has 0 aliphatic rings. The number of nitro benzene ring substituents is 2. The van der Waals surface area contributed by atoms with Crippen molar-refractivity contribution in [2.75, 3.05) is 0 Å². The normalized spacial score (nSPS) is 11.3. The molecule has 0 spiro atoms. The Kier molecular flexibility index (Phi) is 7.90. The maximum atomic E-state index is 12.5. The number of H-pyrrole nitrogens is 1. The first-order valence-electron chi connectivity index (χ1n) is 17.4. The summed E-state index contributed by atoms with van der Waals surface area (Å²) in [5.41, 5.74) is 11.2. The molecule has 258 valence electrons. The van der Waals surface area contributed by atoms with Crippen molar-refractivity contribution in [3.63, 3.8) is 0 Å². The van der Waals surface area contributed by atoms with E-state index in [0.29, 0.717) is 11.1 Å². The van der Waals surface area contributed by atoms with Crippen LogP contribution in [0.2, 0.25) is 0 Å². The minimum atomic E-state index is -0.354. The lowest BCUT2D eigenvalue weighted by molar-refractivity contribution is -0.384. The molecular formula is C46H30N4O4. The van der Waals surface area contributed by atoms with Gasteiger partial charge in [0.15, 0.2) is 0 Å². The number of aromatic nitrogens is 2. The lowest BCUT2D eigenvalue weighted by Gasteiger charge is -2.13. The SMILES string of the molecule is O=[N+]([O-])c1ccccc1-c1ccc2c(c1)cc(-c1ccccc1)n2-c1ccc(-c2ccc(-c3ccc4[nH]c(-c5ccccc5)cc4c3)c([N+](=O)[O-])c2)cc1. The van der Waals surface area contributed by atoms with Gasteiger partial charge in [0.1, 0.15) is 0 Å². The number of aromatic amines is 1. The molecule has 2 heterocycles. The van der Waals surface area contributed by atoms with Gasteiger partial charge in [-0.1, -0.05) is 103 Å². The molecule has 9 aromatic rings. The Morgan fingerprint density at radius 3 is 1.76 bits per heavy atom. The summed E-state index contributed by atoms with van der Waals surface area (Å²) < 4.78 is 2.17. The maximum absolute atomic E-state index is 12.5. The predicted molar refractivity (Wildman–Crippen MR) is 216 cm³/mol.